The number of amides is 2. The van der Waals surface area contributed by atoms with Crippen LogP contribution in [-0.2, 0) is 6.54 Å². The lowest BCUT2D eigenvalue weighted by atomic mass is 10.1. The van der Waals surface area contributed by atoms with Crippen LogP contribution in [0.15, 0.2) is 42.7 Å². The van der Waals surface area contributed by atoms with Crippen molar-refractivity contribution in [2.24, 2.45) is 0 Å². The smallest absolute Gasteiger partial charge is 0.254 e. The van der Waals surface area contributed by atoms with Crippen LogP contribution in [0.5, 0.6) is 0 Å². The van der Waals surface area contributed by atoms with Gasteiger partial charge in [-0.25, -0.2) is 4.39 Å². The summed E-state index contributed by atoms with van der Waals surface area (Å²) in [6.45, 7) is 0.245. The fourth-order valence-electron chi connectivity index (χ4n) is 1.76. The molecule has 1 aromatic carbocycles. The van der Waals surface area contributed by atoms with E-state index in [0.29, 0.717) is 5.56 Å². The number of halogens is 1. The minimum Gasteiger partial charge on any atom is -0.355 e. The number of nitrogens with zero attached hydrogens (tertiary/aromatic N) is 1. The summed E-state index contributed by atoms with van der Waals surface area (Å²) in [6, 6.07) is 8.10. The quantitative estimate of drug-likeness (QED) is 0.895. The number of carbonyl (C=O) groups is 2. The number of hydrogen-bond acceptors (Lipinski definition) is 3. The van der Waals surface area contributed by atoms with Crippen molar-refractivity contribution in [3.63, 3.8) is 0 Å². The summed E-state index contributed by atoms with van der Waals surface area (Å²) in [6.07, 6.45) is 2.35. The number of pyridine rings is 1. The summed E-state index contributed by atoms with van der Waals surface area (Å²) < 4.78 is 13.4. The van der Waals surface area contributed by atoms with Crippen LogP contribution in [0, 0.1) is 5.82 Å². The first-order valence-electron chi connectivity index (χ1n) is 6.30. The minimum atomic E-state index is -0.662. The highest BCUT2D eigenvalue weighted by Gasteiger charge is 2.10. The van der Waals surface area contributed by atoms with Crippen molar-refractivity contribution in [2.45, 2.75) is 6.54 Å². The largest absolute Gasteiger partial charge is 0.355 e. The molecule has 0 aliphatic rings. The van der Waals surface area contributed by atoms with E-state index >= 15 is 0 Å². The molecule has 2 amide bonds. The Morgan fingerprint density at radius 3 is 2.48 bits per heavy atom. The molecule has 0 saturated heterocycles. The zero-order valence-electron chi connectivity index (χ0n) is 11.4. The fourth-order valence-corrected chi connectivity index (χ4v) is 1.76. The second-order valence-electron chi connectivity index (χ2n) is 4.31. The summed E-state index contributed by atoms with van der Waals surface area (Å²) in [5.41, 5.74) is 1.30. The molecule has 0 saturated carbocycles. The maximum Gasteiger partial charge on any atom is 0.254 e. The van der Waals surface area contributed by atoms with Crippen LogP contribution >= 0.6 is 0 Å². The van der Waals surface area contributed by atoms with E-state index in [1.54, 1.807) is 31.3 Å². The van der Waals surface area contributed by atoms with E-state index in [2.05, 4.69) is 15.6 Å². The maximum absolute atomic E-state index is 13.4. The van der Waals surface area contributed by atoms with Crippen molar-refractivity contribution in [1.29, 1.82) is 0 Å². The summed E-state index contributed by atoms with van der Waals surface area (Å²) in [7, 11) is 1.56. The molecule has 5 nitrogen and oxygen atoms in total. The summed E-state index contributed by atoms with van der Waals surface area (Å²) in [4.78, 5) is 26.8. The average molecular weight is 287 g/mol. The molecule has 0 radical (unpaired) electrons. The van der Waals surface area contributed by atoms with Gasteiger partial charge in [0.1, 0.15) is 0 Å². The first-order chi connectivity index (χ1) is 10.1. The third-order valence-corrected chi connectivity index (χ3v) is 2.91. The number of aromatic nitrogens is 1. The minimum absolute atomic E-state index is 0.0491. The molecule has 2 aromatic rings. The van der Waals surface area contributed by atoms with Crippen LogP contribution in [-0.4, -0.2) is 23.8 Å². The van der Waals surface area contributed by atoms with Crippen LogP contribution in [0.3, 0.4) is 0 Å². The number of carbonyl (C=O) groups excluding carboxylic acids is 2. The molecule has 6 heteroatoms. The number of rotatable bonds is 4. The van der Waals surface area contributed by atoms with Gasteiger partial charge >= 0.3 is 0 Å². The van der Waals surface area contributed by atoms with Crippen molar-refractivity contribution < 1.29 is 14.0 Å². The predicted octanol–water partition coefficient (Wildman–Crippen LogP) is 1.51. The summed E-state index contributed by atoms with van der Waals surface area (Å²) >= 11 is 0. The van der Waals surface area contributed by atoms with Gasteiger partial charge in [0.2, 0.25) is 0 Å². The molecule has 0 fully saturated rings. The normalized spacial score (nSPS) is 10.0. The van der Waals surface area contributed by atoms with Crippen LogP contribution in [0.2, 0.25) is 0 Å². The van der Waals surface area contributed by atoms with Crippen molar-refractivity contribution in [3.05, 3.63) is 65.2 Å². The molecule has 0 spiro atoms. The first kappa shape index (κ1) is 14.6. The van der Waals surface area contributed by atoms with Crippen LogP contribution < -0.4 is 10.6 Å². The fraction of sp³-hybridized carbons (Fsp3) is 0.133. The van der Waals surface area contributed by atoms with Gasteiger partial charge in [0.15, 0.2) is 5.82 Å². The Kier molecular flexibility index (Phi) is 4.61. The Labute approximate surface area is 121 Å². The van der Waals surface area contributed by atoms with Gasteiger partial charge in [-0.15, -0.1) is 0 Å². The second kappa shape index (κ2) is 6.60. The molecule has 21 heavy (non-hydrogen) atoms. The van der Waals surface area contributed by atoms with E-state index in [1.165, 1.54) is 12.3 Å². The lowest BCUT2D eigenvalue weighted by Gasteiger charge is -2.07. The number of nitrogens with one attached hydrogen (secondary N) is 2. The molecule has 0 aliphatic heterocycles. The zero-order chi connectivity index (χ0) is 15.2. The SMILES string of the molecule is CNC(=O)c1ccc(CNC(=O)c2ccncc2F)cc1. The number of hydrogen-bond donors (Lipinski definition) is 2. The summed E-state index contributed by atoms with van der Waals surface area (Å²) in [5, 5.41) is 5.13. The number of benzene rings is 1. The van der Waals surface area contributed by atoms with E-state index < -0.39 is 11.7 Å². The monoisotopic (exact) mass is 287 g/mol. The van der Waals surface area contributed by atoms with E-state index in [0.717, 1.165) is 11.8 Å². The third kappa shape index (κ3) is 3.62. The lowest BCUT2D eigenvalue weighted by Crippen LogP contribution is -2.24. The van der Waals surface area contributed by atoms with Crippen molar-refractivity contribution in [2.75, 3.05) is 7.05 Å². The molecule has 0 aliphatic carbocycles. The van der Waals surface area contributed by atoms with E-state index in [1.807, 2.05) is 0 Å². The van der Waals surface area contributed by atoms with Crippen molar-refractivity contribution >= 4 is 11.8 Å². The van der Waals surface area contributed by atoms with E-state index in [9.17, 15) is 14.0 Å². The zero-order valence-corrected chi connectivity index (χ0v) is 11.4. The molecule has 1 heterocycles. The molecule has 0 atom stereocenters. The van der Waals surface area contributed by atoms with Gasteiger partial charge in [-0.1, -0.05) is 12.1 Å². The van der Waals surface area contributed by atoms with Gasteiger partial charge in [-0.3, -0.25) is 14.6 Å². The van der Waals surface area contributed by atoms with Gasteiger partial charge in [0.25, 0.3) is 11.8 Å². The highest BCUT2D eigenvalue weighted by Crippen LogP contribution is 2.07. The van der Waals surface area contributed by atoms with Gasteiger partial charge in [0, 0.05) is 25.4 Å². The Morgan fingerprint density at radius 1 is 1.14 bits per heavy atom. The topological polar surface area (TPSA) is 71.1 Å². The second-order valence-corrected chi connectivity index (χ2v) is 4.31. The Bertz CT molecular complexity index is 656. The molecular weight excluding hydrogens is 273 g/mol. The molecule has 2 rings (SSSR count). The van der Waals surface area contributed by atoms with Gasteiger partial charge in [-0.05, 0) is 23.8 Å². The van der Waals surface area contributed by atoms with Crippen LogP contribution in [0.1, 0.15) is 26.3 Å². The Balaban J connectivity index is 1.99. The lowest BCUT2D eigenvalue weighted by molar-refractivity contribution is 0.0942. The molecule has 0 bridgehead atoms. The highest BCUT2D eigenvalue weighted by molar-refractivity contribution is 5.94. The molecule has 2 N–H and O–H groups in total. The van der Waals surface area contributed by atoms with E-state index in [4.69, 9.17) is 0 Å². The molecule has 108 valence electrons. The molecular formula is C15H14FN3O2. The Hall–Kier alpha value is -2.76. The standard InChI is InChI=1S/C15H14FN3O2/c1-17-14(20)11-4-2-10(3-5-11)8-19-15(21)12-6-7-18-9-13(12)16/h2-7,9H,8H2,1H3,(H,17,20)(H,19,21). The predicted molar refractivity (Wildman–Crippen MR) is 75.2 cm³/mol. The average Bonchev–Trinajstić information content (AvgIpc) is 2.52. The van der Waals surface area contributed by atoms with E-state index in [-0.39, 0.29) is 18.0 Å². The Morgan fingerprint density at radius 2 is 1.86 bits per heavy atom. The van der Waals surface area contributed by atoms with Gasteiger partial charge < -0.3 is 10.6 Å². The highest BCUT2D eigenvalue weighted by atomic mass is 19.1. The van der Waals surface area contributed by atoms with Gasteiger partial charge in [0.05, 0.1) is 11.8 Å². The maximum atomic E-state index is 13.4. The van der Waals surface area contributed by atoms with Crippen LogP contribution in [0.4, 0.5) is 4.39 Å². The first-order valence-corrected chi connectivity index (χ1v) is 6.30. The van der Waals surface area contributed by atoms with Gasteiger partial charge in [-0.2, -0.15) is 0 Å². The van der Waals surface area contributed by atoms with Crippen molar-refractivity contribution in [3.8, 4) is 0 Å². The van der Waals surface area contributed by atoms with Crippen LogP contribution in [0.25, 0.3) is 0 Å². The van der Waals surface area contributed by atoms with Crippen molar-refractivity contribution in [1.82, 2.24) is 15.6 Å². The molecule has 1 aromatic heterocycles. The third-order valence-electron chi connectivity index (χ3n) is 2.91. The summed E-state index contributed by atoms with van der Waals surface area (Å²) in [5.74, 6) is -1.35. The molecule has 0 unspecified atom stereocenters.